The molecule has 128 valence electrons. The Morgan fingerprint density at radius 2 is 1.42 bits per heavy atom. The Kier molecular flexibility index (Phi) is 3.85. The van der Waals surface area contributed by atoms with Gasteiger partial charge in [0.1, 0.15) is 5.57 Å². The molecule has 2 aliphatic heterocycles. The van der Waals surface area contributed by atoms with Crippen molar-refractivity contribution < 1.29 is 14.4 Å². The Balaban J connectivity index is 1.84. The van der Waals surface area contributed by atoms with E-state index in [1.54, 1.807) is 23.1 Å². The maximum absolute atomic E-state index is 13.1. The predicted octanol–water partition coefficient (Wildman–Crippen LogP) is 1.52. The first kappa shape index (κ1) is 16.2. The molecule has 2 heterocycles. The van der Waals surface area contributed by atoms with Crippen LogP contribution in [-0.4, -0.2) is 22.8 Å². The molecule has 0 aromatic heterocycles. The molecule has 1 fully saturated rings. The van der Waals surface area contributed by atoms with Crippen molar-refractivity contribution in [1.29, 1.82) is 0 Å². The minimum absolute atomic E-state index is 0.0655. The second kappa shape index (κ2) is 6.20. The first-order valence-electron chi connectivity index (χ1n) is 7.92. The van der Waals surface area contributed by atoms with Gasteiger partial charge in [0.05, 0.1) is 17.8 Å². The lowest BCUT2D eigenvalue weighted by Gasteiger charge is -2.19. The molecule has 26 heavy (non-hydrogen) atoms. The smallest absolute Gasteiger partial charge is 0.263 e. The fourth-order valence-electron chi connectivity index (χ4n) is 3.14. The lowest BCUT2D eigenvalue weighted by atomic mass is 9.99. The molecule has 6 nitrogen and oxygen atoms in total. The molecule has 2 aromatic rings. The second-order valence-corrected chi connectivity index (χ2v) is 6.29. The highest BCUT2D eigenvalue weighted by atomic mass is 32.1. The van der Waals surface area contributed by atoms with E-state index in [1.165, 1.54) is 0 Å². The third-order valence-electron chi connectivity index (χ3n) is 4.26. The third kappa shape index (κ3) is 2.58. The van der Waals surface area contributed by atoms with E-state index in [4.69, 9.17) is 12.2 Å². The van der Waals surface area contributed by atoms with E-state index in [1.807, 2.05) is 36.4 Å². The van der Waals surface area contributed by atoms with E-state index in [-0.39, 0.29) is 22.2 Å². The summed E-state index contributed by atoms with van der Waals surface area (Å²) in [4.78, 5) is 39.4. The van der Waals surface area contributed by atoms with E-state index in [9.17, 15) is 14.4 Å². The van der Waals surface area contributed by atoms with Gasteiger partial charge in [-0.15, -0.1) is 0 Å². The van der Waals surface area contributed by atoms with Crippen LogP contribution in [0.3, 0.4) is 0 Å². The molecule has 2 aliphatic rings. The lowest BCUT2D eigenvalue weighted by Crippen LogP contribution is -2.52. The van der Waals surface area contributed by atoms with Gasteiger partial charge in [0.25, 0.3) is 17.7 Å². The average molecular weight is 363 g/mol. The number of nitrogens with zero attached hydrogens (tertiary/aromatic N) is 1. The van der Waals surface area contributed by atoms with Gasteiger partial charge in [-0.1, -0.05) is 48.5 Å². The van der Waals surface area contributed by atoms with Gasteiger partial charge in [-0.2, -0.15) is 0 Å². The van der Waals surface area contributed by atoms with Crippen LogP contribution in [0.15, 0.2) is 60.2 Å². The number of thiocarbonyl (C=S) groups is 1. The first-order valence-corrected chi connectivity index (χ1v) is 8.33. The zero-order chi connectivity index (χ0) is 18.3. The maximum atomic E-state index is 13.1. The number of rotatable bonds is 2. The van der Waals surface area contributed by atoms with Crippen molar-refractivity contribution in [3.8, 4) is 0 Å². The van der Waals surface area contributed by atoms with Crippen LogP contribution >= 0.6 is 12.2 Å². The fourth-order valence-corrected chi connectivity index (χ4v) is 3.32. The maximum Gasteiger partial charge on any atom is 0.263 e. The van der Waals surface area contributed by atoms with Crippen molar-refractivity contribution >= 4 is 46.3 Å². The van der Waals surface area contributed by atoms with Crippen LogP contribution in [-0.2, 0) is 20.9 Å². The third-order valence-corrected chi connectivity index (χ3v) is 4.47. The van der Waals surface area contributed by atoms with Crippen LogP contribution in [0, 0.1) is 0 Å². The molecule has 7 heteroatoms. The Morgan fingerprint density at radius 1 is 0.808 bits per heavy atom. The highest BCUT2D eigenvalue weighted by Crippen LogP contribution is 2.39. The van der Waals surface area contributed by atoms with Gasteiger partial charge < -0.3 is 4.90 Å². The molecule has 0 atom stereocenters. The van der Waals surface area contributed by atoms with Gasteiger partial charge >= 0.3 is 0 Å². The monoisotopic (exact) mass is 363 g/mol. The Morgan fingerprint density at radius 3 is 2.12 bits per heavy atom. The van der Waals surface area contributed by atoms with E-state index >= 15 is 0 Å². The molecule has 4 rings (SSSR count). The van der Waals surface area contributed by atoms with E-state index in [0.29, 0.717) is 17.8 Å². The van der Waals surface area contributed by atoms with Crippen molar-refractivity contribution in [3.63, 3.8) is 0 Å². The number of amides is 3. The summed E-state index contributed by atoms with van der Waals surface area (Å²) in [6, 6.07) is 16.6. The molecule has 0 aliphatic carbocycles. The molecule has 2 aromatic carbocycles. The van der Waals surface area contributed by atoms with Crippen molar-refractivity contribution in [2.45, 2.75) is 6.54 Å². The summed E-state index contributed by atoms with van der Waals surface area (Å²) < 4.78 is 0. The van der Waals surface area contributed by atoms with Crippen LogP contribution in [0.1, 0.15) is 11.1 Å². The van der Waals surface area contributed by atoms with Gasteiger partial charge in [-0.3, -0.25) is 25.0 Å². The van der Waals surface area contributed by atoms with Crippen LogP contribution in [0.2, 0.25) is 0 Å². The number of para-hydroxylation sites is 1. The molecular weight excluding hydrogens is 350 g/mol. The SMILES string of the molecule is O=C1NC(=S)NC(=O)C1=C1C(=O)N(Cc2ccccc2)c2ccccc21. The quantitative estimate of drug-likeness (QED) is 0.482. The Hall–Kier alpha value is -3.32. The van der Waals surface area contributed by atoms with Crippen molar-refractivity contribution in [2.75, 3.05) is 4.90 Å². The Bertz CT molecular complexity index is 976. The van der Waals surface area contributed by atoms with Gasteiger partial charge in [-0.25, -0.2) is 0 Å². The molecule has 0 unspecified atom stereocenters. The van der Waals surface area contributed by atoms with E-state index < -0.39 is 11.8 Å². The molecule has 0 spiro atoms. The number of carbonyl (C=O) groups excluding carboxylic acids is 3. The lowest BCUT2D eigenvalue weighted by molar-refractivity contribution is -0.124. The van der Waals surface area contributed by atoms with Gasteiger partial charge in [0.2, 0.25) is 0 Å². The fraction of sp³-hybridized carbons (Fsp3) is 0.0526. The molecule has 0 bridgehead atoms. The molecule has 0 saturated carbocycles. The van der Waals surface area contributed by atoms with Crippen molar-refractivity contribution in [1.82, 2.24) is 10.6 Å². The minimum Gasteiger partial charge on any atom is -0.303 e. The summed E-state index contributed by atoms with van der Waals surface area (Å²) in [7, 11) is 0. The van der Waals surface area contributed by atoms with Gasteiger partial charge in [0, 0.05) is 5.56 Å². The highest BCUT2D eigenvalue weighted by Gasteiger charge is 2.40. The van der Waals surface area contributed by atoms with Crippen molar-refractivity contribution in [3.05, 3.63) is 71.3 Å². The largest absolute Gasteiger partial charge is 0.303 e. The van der Waals surface area contributed by atoms with E-state index in [2.05, 4.69) is 10.6 Å². The number of benzene rings is 2. The van der Waals surface area contributed by atoms with Gasteiger partial charge in [-0.05, 0) is 23.8 Å². The summed E-state index contributed by atoms with van der Waals surface area (Å²) in [6.45, 7) is 0.342. The number of anilines is 1. The molecule has 3 amide bonds. The summed E-state index contributed by atoms with van der Waals surface area (Å²) in [5.41, 5.74) is 2.04. The summed E-state index contributed by atoms with van der Waals surface area (Å²) >= 11 is 4.82. The van der Waals surface area contributed by atoms with Crippen LogP contribution in [0.25, 0.3) is 5.57 Å². The van der Waals surface area contributed by atoms with Crippen molar-refractivity contribution in [2.24, 2.45) is 0 Å². The molecule has 2 N–H and O–H groups in total. The molecule has 0 radical (unpaired) electrons. The standard InChI is InChI=1S/C19H13N3O3S/c23-16-15(17(24)21-19(26)20-16)14-12-8-4-5-9-13(12)22(18(14)25)10-11-6-2-1-3-7-11/h1-9H,10H2,(H2,20,21,23,24,26). The van der Waals surface area contributed by atoms with Crippen LogP contribution in [0.5, 0.6) is 0 Å². The summed E-state index contributed by atoms with van der Waals surface area (Å²) in [5.74, 6) is -1.72. The van der Waals surface area contributed by atoms with Gasteiger partial charge in [0.15, 0.2) is 5.11 Å². The number of fused-ring (bicyclic) bond motifs is 1. The first-order chi connectivity index (χ1) is 12.6. The minimum atomic E-state index is -0.668. The Labute approximate surface area is 154 Å². The molecular formula is C19H13N3O3S. The normalized spacial score (nSPS) is 16.5. The van der Waals surface area contributed by atoms with Crippen LogP contribution in [0.4, 0.5) is 5.69 Å². The van der Waals surface area contributed by atoms with Crippen LogP contribution < -0.4 is 15.5 Å². The number of carbonyl (C=O) groups is 3. The number of hydrogen-bond donors (Lipinski definition) is 2. The number of hydrogen-bond acceptors (Lipinski definition) is 4. The number of nitrogens with one attached hydrogen (secondary N) is 2. The molecule has 1 saturated heterocycles. The second-order valence-electron chi connectivity index (χ2n) is 5.88. The zero-order valence-electron chi connectivity index (χ0n) is 13.5. The zero-order valence-corrected chi connectivity index (χ0v) is 14.3. The average Bonchev–Trinajstić information content (AvgIpc) is 2.88. The topological polar surface area (TPSA) is 78.5 Å². The summed E-state index contributed by atoms with van der Waals surface area (Å²) in [6.07, 6.45) is 0. The predicted molar refractivity (Wildman–Crippen MR) is 99.9 cm³/mol. The van der Waals surface area contributed by atoms with E-state index in [0.717, 1.165) is 5.56 Å². The summed E-state index contributed by atoms with van der Waals surface area (Å²) in [5, 5.41) is 4.70. The highest BCUT2D eigenvalue weighted by molar-refractivity contribution is 7.80.